The predicted molar refractivity (Wildman–Crippen MR) is 105 cm³/mol. The van der Waals surface area contributed by atoms with Crippen molar-refractivity contribution in [2.75, 3.05) is 0 Å². The fraction of sp³-hybridized carbons (Fsp3) is 0.174. The van der Waals surface area contributed by atoms with E-state index in [1.165, 1.54) is 5.56 Å². The molecule has 27 heavy (non-hydrogen) atoms. The Hall–Kier alpha value is -3.27. The first-order chi connectivity index (χ1) is 13.2. The summed E-state index contributed by atoms with van der Waals surface area (Å²) in [6, 6.07) is 24.0. The van der Waals surface area contributed by atoms with Crippen molar-refractivity contribution in [2.24, 2.45) is 5.10 Å². The van der Waals surface area contributed by atoms with E-state index in [0.29, 0.717) is 0 Å². The van der Waals surface area contributed by atoms with Gasteiger partial charge in [0.25, 0.3) is 0 Å². The molecule has 0 aliphatic carbocycles. The Balaban J connectivity index is 1.61. The Bertz CT molecular complexity index is 1030. The summed E-state index contributed by atoms with van der Waals surface area (Å²) in [4.78, 5) is 0. The molecule has 4 nitrogen and oxygen atoms in total. The molecule has 1 N–H and O–H groups in total. The number of phenols is 1. The molecule has 0 radical (unpaired) electrons. The van der Waals surface area contributed by atoms with Gasteiger partial charge >= 0.3 is 0 Å². The van der Waals surface area contributed by atoms with E-state index < -0.39 is 0 Å². The summed E-state index contributed by atoms with van der Waals surface area (Å²) in [7, 11) is 0. The van der Waals surface area contributed by atoms with Gasteiger partial charge in [0.1, 0.15) is 11.5 Å². The van der Waals surface area contributed by atoms with E-state index in [1.54, 1.807) is 6.07 Å². The highest BCUT2D eigenvalue weighted by Gasteiger charge is 2.41. The highest BCUT2D eigenvalue weighted by atomic mass is 16.5. The van der Waals surface area contributed by atoms with Crippen molar-refractivity contribution in [3.05, 3.63) is 95.1 Å². The lowest BCUT2D eigenvalue weighted by Gasteiger charge is -2.38. The van der Waals surface area contributed by atoms with Crippen molar-refractivity contribution < 1.29 is 9.84 Å². The van der Waals surface area contributed by atoms with Gasteiger partial charge in [0.15, 0.2) is 0 Å². The number of hydrogen-bond acceptors (Lipinski definition) is 4. The van der Waals surface area contributed by atoms with E-state index in [2.05, 4.69) is 37.3 Å². The van der Waals surface area contributed by atoms with Crippen LogP contribution in [0.25, 0.3) is 0 Å². The third-order valence-electron chi connectivity index (χ3n) is 5.28. The van der Waals surface area contributed by atoms with Crippen molar-refractivity contribution in [1.29, 1.82) is 0 Å². The second kappa shape index (κ2) is 6.16. The Morgan fingerprint density at radius 2 is 1.70 bits per heavy atom. The van der Waals surface area contributed by atoms with Crippen LogP contribution in [0, 0.1) is 6.92 Å². The average molecular weight is 356 g/mol. The van der Waals surface area contributed by atoms with Crippen molar-refractivity contribution in [3.8, 4) is 11.5 Å². The number of rotatable bonds is 2. The van der Waals surface area contributed by atoms with Gasteiger partial charge in [-0.15, -0.1) is 0 Å². The molecule has 2 heterocycles. The van der Waals surface area contributed by atoms with Crippen LogP contribution < -0.4 is 4.74 Å². The van der Waals surface area contributed by atoms with E-state index in [-0.39, 0.29) is 18.0 Å². The minimum Gasteiger partial charge on any atom is -0.507 e. The number of aryl methyl sites for hydroxylation is 1. The average Bonchev–Trinajstić information content (AvgIpc) is 3.14. The molecule has 4 heteroatoms. The number of fused-ring (bicyclic) bond motifs is 3. The number of ether oxygens (including phenoxy) is 1. The van der Waals surface area contributed by atoms with Crippen LogP contribution in [0.5, 0.6) is 11.5 Å². The highest BCUT2D eigenvalue weighted by molar-refractivity contribution is 6.04. The van der Waals surface area contributed by atoms with Crippen LogP contribution in [0.2, 0.25) is 0 Å². The first-order valence-electron chi connectivity index (χ1n) is 9.17. The molecule has 0 bridgehead atoms. The van der Waals surface area contributed by atoms with Gasteiger partial charge in [-0.05, 0) is 25.1 Å². The lowest BCUT2D eigenvalue weighted by Crippen LogP contribution is -2.33. The summed E-state index contributed by atoms with van der Waals surface area (Å²) in [5, 5.41) is 17.2. The van der Waals surface area contributed by atoms with Crippen molar-refractivity contribution >= 4 is 5.71 Å². The fourth-order valence-corrected chi connectivity index (χ4v) is 3.87. The quantitative estimate of drug-likeness (QED) is 0.707. The Morgan fingerprint density at radius 3 is 2.52 bits per heavy atom. The molecule has 0 amide bonds. The third-order valence-corrected chi connectivity index (χ3v) is 5.28. The maximum absolute atomic E-state index is 10.3. The highest BCUT2D eigenvalue weighted by Crippen LogP contribution is 2.47. The van der Waals surface area contributed by atoms with E-state index in [9.17, 15) is 5.11 Å². The van der Waals surface area contributed by atoms with Crippen molar-refractivity contribution in [1.82, 2.24) is 5.01 Å². The molecular formula is C23H20N2O2. The normalized spacial score (nSPS) is 20.5. The third kappa shape index (κ3) is 2.65. The first kappa shape index (κ1) is 15.9. The van der Waals surface area contributed by atoms with Gasteiger partial charge in [-0.25, -0.2) is 5.01 Å². The second-order valence-electron chi connectivity index (χ2n) is 7.08. The standard InChI is InChI=1S/C23H20N2O2/c1-15-10-12-16(13-11-15)23-25-20(18-7-3-5-9-22(18)27-23)14-19(24-25)17-6-2-4-8-21(17)26/h2-13,20,23,26H,14H2,1H3/t20-,23+/m1/s1. The van der Waals surface area contributed by atoms with E-state index in [4.69, 9.17) is 9.84 Å². The number of para-hydroxylation sites is 2. The molecule has 0 aromatic heterocycles. The van der Waals surface area contributed by atoms with Crippen LogP contribution in [0.15, 0.2) is 77.9 Å². The summed E-state index contributed by atoms with van der Waals surface area (Å²) in [5.41, 5.74) is 5.09. The van der Waals surface area contributed by atoms with Crippen LogP contribution in [0.4, 0.5) is 0 Å². The molecular weight excluding hydrogens is 336 g/mol. The molecule has 5 rings (SSSR count). The fourth-order valence-electron chi connectivity index (χ4n) is 3.87. The van der Waals surface area contributed by atoms with Crippen LogP contribution in [0.1, 0.15) is 40.9 Å². The van der Waals surface area contributed by atoms with Crippen LogP contribution >= 0.6 is 0 Å². The van der Waals surface area contributed by atoms with Gasteiger partial charge in [0.2, 0.25) is 6.23 Å². The van der Waals surface area contributed by atoms with Crippen LogP contribution in [-0.2, 0) is 0 Å². The summed E-state index contributed by atoms with van der Waals surface area (Å²) in [6.07, 6.45) is 0.453. The SMILES string of the molecule is Cc1ccc([C@@H]2Oc3ccccc3[C@H]3CC(c4ccccc4O)=NN32)cc1. The molecule has 2 aliphatic heterocycles. The maximum atomic E-state index is 10.3. The molecule has 3 aromatic rings. The van der Waals surface area contributed by atoms with E-state index >= 15 is 0 Å². The number of nitrogens with zero attached hydrogens (tertiary/aromatic N) is 2. The lowest BCUT2D eigenvalue weighted by atomic mass is 9.95. The monoisotopic (exact) mass is 356 g/mol. The molecule has 134 valence electrons. The van der Waals surface area contributed by atoms with E-state index in [0.717, 1.165) is 34.6 Å². The topological polar surface area (TPSA) is 45.1 Å². The molecule has 0 unspecified atom stereocenters. The molecule has 2 aliphatic rings. The van der Waals surface area contributed by atoms with Gasteiger partial charge in [-0.3, -0.25) is 0 Å². The minimum absolute atomic E-state index is 0.0934. The molecule has 2 atom stereocenters. The molecule has 0 fully saturated rings. The molecule has 0 saturated heterocycles. The second-order valence-corrected chi connectivity index (χ2v) is 7.08. The van der Waals surface area contributed by atoms with Gasteiger partial charge < -0.3 is 9.84 Å². The lowest BCUT2D eigenvalue weighted by molar-refractivity contribution is -0.0190. The summed E-state index contributed by atoms with van der Waals surface area (Å²) >= 11 is 0. The summed E-state index contributed by atoms with van der Waals surface area (Å²) in [5.74, 6) is 1.16. The zero-order chi connectivity index (χ0) is 18.4. The largest absolute Gasteiger partial charge is 0.507 e. The Labute approximate surface area is 158 Å². The summed E-state index contributed by atoms with van der Waals surface area (Å²) in [6.45, 7) is 2.08. The van der Waals surface area contributed by atoms with Gasteiger partial charge in [-0.2, -0.15) is 5.10 Å². The summed E-state index contributed by atoms with van der Waals surface area (Å²) < 4.78 is 6.34. The maximum Gasteiger partial charge on any atom is 0.213 e. The van der Waals surface area contributed by atoms with Gasteiger partial charge in [-0.1, -0.05) is 60.2 Å². The van der Waals surface area contributed by atoms with Crippen molar-refractivity contribution in [3.63, 3.8) is 0 Å². The van der Waals surface area contributed by atoms with Gasteiger partial charge in [0, 0.05) is 23.1 Å². The molecule has 0 saturated carbocycles. The molecule has 3 aromatic carbocycles. The van der Waals surface area contributed by atoms with Gasteiger partial charge in [0.05, 0.1) is 11.8 Å². The Kier molecular flexibility index (Phi) is 3.64. The van der Waals surface area contributed by atoms with Crippen molar-refractivity contribution in [2.45, 2.75) is 25.6 Å². The number of hydrazone groups is 1. The number of phenolic OH excluding ortho intramolecular Hbond substituents is 1. The van der Waals surface area contributed by atoms with E-state index in [1.807, 2.05) is 41.4 Å². The predicted octanol–water partition coefficient (Wildman–Crippen LogP) is 4.94. The smallest absolute Gasteiger partial charge is 0.213 e. The first-order valence-corrected chi connectivity index (χ1v) is 9.17. The number of benzene rings is 3. The molecule has 0 spiro atoms. The number of hydrogen-bond donors (Lipinski definition) is 1. The zero-order valence-electron chi connectivity index (χ0n) is 15.0. The zero-order valence-corrected chi connectivity index (χ0v) is 15.0. The van der Waals surface area contributed by atoms with Crippen LogP contribution in [-0.4, -0.2) is 15.8 Å². The minimum atomic E-state index is -0.283. The Morgan fingerprint density at radius 1 is 0.963 bits per heavy atom. The number of aromatic hydroxyl groups is 1. The van der Waals surface area contributed by atoms with Crippen LogP contribution in [0.3, 0.4) is 0 Å².